The lowest BCUT2D eigenvalue weighted by Gasteiger charge is -2.08. The van der Waals surface area contributed by atoms with Crippen LogP contribution in [0.25, 0.3) is 5.52 Å². The Morgan fingerprint density at radius 1 is 1.00 bits per heavy atom. The maximum Gasteiger partial charge on any atom is 0.340 e. The minimum atomic E-state index is -0.460. The summed E-state index contributed by atoms with van der Waals surface area (Å²) >= 11 is 0. The van der Waals surface area contributed by atoms with Crippen molar-refractivity contribution in [1.29, 1.82) is 0 Å². The Bertz CT molecular complexity index is 951. The minimum absolute atomic E-state index is 0.251. The van der Waals surface area contributed by atoms with Crippen LogP contribution in [-0.2, 0) is 4.74 Å². The van der Waals surface area contributed by atoms with Gasteiger partial charge < -0.3 is 18.6 Å². The van der Waals surface area contributed by atoms with Gasteiger partial charge in [0.05, 0.1) is 37.6 Å². The van der Waals surface area contributed by atoms with Gasteiger partial charge in [-0.15, -0.1) is 0 Å². The van der Waals surface area contributed by atoms with Crippen LogP contribution in [-0.4, -0.2) is 37.0 Å². The number of rotatable bonds is 6. The van der Waals surface area contributed by atoms with Gasteiger partial charge >= 0.3 is 5.97 Å². The second kappa shape index (κ2) is 7.31. The fourth-order valence-corrected chi connectivity index (χ4v) is 2.79. The maximum absolute atomic E-state index is 13.1. The first-order valence-corrected chi connectivity index (χ1v) is 8.14. The summed E-state index contributed by atoms with van der Waals surface area (Å²) in [5, 5.41) is 0. The molecule has 3 rings (SSSR count). The van der Waals surface area contributed by atoms with E-state index in [4.69, 9.17) is 14.2 Å². The van der Waals surface area contributed by atoms with Crippen LogP contribution in [0, 0.1) is 0 Å². The van der Waals surface area contributed by atoms with E-state index in [1.54, 1.807) is 60.0 Å². The lowest BCUT2D eigenvalue weighted by Crippen LogP contribution is -2.05. The number of aromatic nitrogens is 1. The molecule has 0 aliphatic rings. The van der Waals surface area contributed by atoms with Crippen molar-refractivity contribution < 1.29 is 23.8 Å². The Balaban J connectivity index is 2.13. The molecule has 0 saturated heterocycles. The first-order valence-electron chi connectivity index (χ1n) is 8.14. The molecule has 0 bridgehead atoms. The molecule has 1 aromatic carbocycles. The number of esters is 1. The Hall–Kier alpha value is -3.28. The normalized spacial score (nSPS) is 10.6. The summed E-state index contributed by atoms with van der Waals surface area (Å²) in [5.74, 6) is 0.316. The fraction of sp³-hybridized carbons (Fsp3) is 0.200. The van der Waals surface area contributed by atoms with Gasteiger partial charge in [0.25, 0.3) is 0 Å². The molecule has 2 aromatic heterocycles. The van der Waals surface area contributed by atoms with Gasteiger partial charge in [-0.3, -0.25) is 4.79 Å². The molecule has 0 fully saturated rings. The Labute approximate surface area is 150 Å². The average Bonchev–Trinajstić information content (AvgIpc) is 3.07. The SMILES string of the molecule is CCOC(=O)c1cc(C(=O)c2cc(OC)cc(OC)c2)n2ccccc12. The van der Waals surface area contributed by atoms with Crippen molar-refractivity contribution in [3.63, 3.8) is 0 Å². The molecule has 0 aliphatic heterocycles. The molecule has 0 amide bonds. The Kier molecular flexibility index (Phi) is 4.93. The van der Waals surface area contributed by atoms with E-state index in [0.29, 0.717) is 33.8 Å². The van der Waals surface area contributed by atoms with Crippen molar-refractivity contribution in [1.82, 2.24) is 4.40 Å². The number of methoxy groups -OCH3 is 2. The molecule has 26 heavy (non-hydrogen) atoms. The van der Waals surface area contributed by atoms with Crippen LogP contribution in [0.1, 0.15) is 33.3 Å². The van der Waals surface area contributed by atoms with Gasteiger partial charge in [-0.25, -0.2) is 4.79 Å². The van der Waals surface area contributed by atoms with Crippen molar-refractivity contribution in [3.05, 3.63) is 65.5 Å². The molecular weight excluding hydrogens is 334 g/mol. The topological polar surface area (TPSA) is 66.2 Å². The highest BCUT2D eigenvalue weighted by Gasteiger charge is 2.22. The molecule has 0 spiro atoms. The summed E-state index contributed by atoms with van der Waals surface area (Å²) in [5.41, 5.74) is 1.73. The zero-order chi connectivity index (χ0) is 18.7. The van der Waals surface area contributed by atoms with Crippen LogP contribution in [0.15, 0.2) is 48.7 Å². The number of hydrogen-bond acceptors (Lipinski definition) is 5. The zero-order valence-electron chi connectivity index (χ0n) is 14.8. The molecule has 6 heteroatoms. The first-order chi connectivity index (χ1) is 12.6. The summed E-state index contributed by atoms with van der Waals surface area (Å²) in [4.78, 5) is 25.4. The third-order valence-electron chi connectivity index (χ3n) is 4.02. The second-order valence-electron chi connectivity index (χ2n) is 5.55. The van der Waals surface area contributed by atoms with Crippen LogP contribution in [0.5, 0.6) is 11.5 Å². The van der Waals surface area contributed by atoms with Gasteiger partial charge in [-0.05, 0) is 37.3 Å². The molecule has 0 saturated carbocycles. The highest BCUT2D eigenvalue weighted by Crippen LogP contribution is 2.26. The standard InChI is InChI=1S/C20H19NO5/c1-4-26-20(23)16-12-18(21-8-6-5-7-17(16)21)19(22)13-9-14(24-2)11-15(10-13)25-3/h5-12H,4H2,1-3H3. The molecule has 2 heterocycles. The summed E-state index contributed by atoms with van der Waals surface area (Å²) in [6.45, 7) is 2.00. The van der Waals surface area contributed by atoms with Crippen LogP contribution in [0.3, 0.4) is 0 Å². The van der Waals surface area contributed by atoms with E-state index in [1.165, 1.54) is 14.2 Å². The molecule has 0 atom stereocenters. The number of pyridine rings is 1. The van der Waals surface area contributed by atoms with Gasteiger partial charge in [-0.2, -0.15) is 0 Å². The quantitative estimate of drug-likeness (QED) is 0.502. The first kappa shape index (κ1) is 17.5. The predicted molar refractivity (Wildman–Crippen MR) is 96.3 cm³/mol. The molecule has 0 N–H and O–H groups in total. The van der Waals surface area contributed by atoms with Crippen molar-refractivity contribution in [2.75, 3.05) is 20.8 Å². The molecule has 0 unspecified atom stereocenters. The Morgan fingerprint density at radius 2 is 1.69 bits per heavy atom. The van der Waals surface area contributed by atoms with E-state index < -0.39 is 5.97 Å². The number of nitrogens with zero attached hydrogens (tertiary/aromatic N) is 1. The number of hydrogen-bond donors (Lipinski definition) is 0. The highest BCUT2D eigenvalue weighted by atomic mass is 16.5. The molecule has 134 valence electrons. The second-order valence-corrected chi connectivity index (χ2v) is 5.55. The van der Waals surface area contributed by atoms with Gasteiger partial charge in [0.2, 0.25) is 5.78 Å². The van der Waals surface area contributed by atoms with Crippen molar-refractivity contribution in [2.45, 2.75) is 6.92 Å². The van der Waals surface area contributed by atoms with E-state index in [-0.39, 0.29) is 12.4 Å². The highest BCUT2D eigenvalue weighted by molar-refractivity contribution is 6.11. The summed E-state index contributed by atoms with van der Waals surface area (Å²) < 4.78 is 17.3. The molecule has 6 nitrogen and oxygen atoms in total. The van der Waals surface area contributed by atoms with Gasteiger partial charge in [0.1, 0.15) is 11.5 Å². The summed E-state index contributed by atoms with van der Waals surface area (Å²) in [6, 6.07) is 11.9. The number of fused-ring (bicyclic) bond motifs is 1. The minimum Gasteiger partial charge on any atom is -0.497 e. The van der Waals surface area contributed by atoms with Crippen molar-refractivity contribution in [2.24, 2.45) is 0 Å². The smallest absolute Gasteiger partial charge is 0.340 e. The molecule has 0 aliphatic carbocycles. The van der Waals surface area contributed by atoms with Gasteiger partial charge in [0.15, 0.2) is 0 Å². The number of carbonyl (C=O) groups excluding carboxylic acids is 2. The van der Waals surface area contributed by atoms with E-state index in [0.717, 1.165) is 0 Å². The lowest BCUT2D eigenvalue weighted by molar-refractivity contribution is 0.0529. The number of ketones is 1. The zero-order valence-corrected chi connectivity index (χ0v) is 14.8. The van der Waals surface area contributed by atoms with Crippen LogP contribution in [0.4, 0.5) is 0 Å². The molecular formula is C20H19NO5. The van der Waals surface area contributed by atoms with Crippen LogP contribution in [0.2, 0.25) is 0 Å². The van der Waals surface area contributed by atoms with Gasteiger partial charge in [-0.1, -0.05) is 6.07 Å². The molecule has 0 radical (unpaired) electrons. The largest absolute Gasteiger partial charge is 0.497 e. The number of ether oxygens (including phenoxy) is 3. The fourth-order valence-electron chi connectivity index (χ4n) is 2.79. The summed E-state index contributed by atoms with van der Waals surface area (Å²) in [7, 11) is 3.04. The van der Waals surface area contributed by atoms with E-state index in [9.17, 15) is 9.59 Å². The molecule has 3 aromatic rings. The summed E-state index contributed by atoms with van der Waals surface area (Å²) in [6.07, 6.45) is 1.74. The van der Waals surface area contributed by atoms with Gasteiger partial charge in [0, 0.05) is 17.8 Å². The van der Waals surface area contributed by atoms with Crippen LogP contribution < -0.4 is 9.47 Å². The van der Waals surface area contributed by atoms with Crippen LogP contribution >= 0.6 is 0 Å². The lowest BCUT2D eigenvalue weighted by atomic mass is 10.1. The van der Waals surface area contributed by atoms with E-state index >= 15 is 0 Å². The van der Waals surface area contributed by atoms with E-state index in [1.807, 2.05) is 0 Å². The number of carbonyl (C=O) groups is 2. The average molecular weight is 353 g/mol. The third kappa shape index (κ3) is 3.13. The third-order valence-corrected chi connectivity index (χ3v) is 4.02. The van der Waals surface area contributed by atoms with Crippen molar-refractivity contribution in [3.8, 4) is 11.5 Å². The monoisotopic (exact) mass is 353 g/mol. The predicted octanol–water partition coefficient (Wildman–Crippen LogP) is 3.36. The van der Waals surface area contributed by atoms with Crippen molar-refractivity contribution >= 4 is 17.3 Å². The maximum atomic E-state index is 13.1. The Morgan fingerprint density at radius 3 is 2.31 bits per heavy atom. The van der Waals surface area contributed by atoms with E-state index in [2.05, 4.69) is 0 Å². The number of benzene rings is 1.